The van der Waals surface area contributed by atoms with Gasteiger partial charge >= 0.3 is 0 Å². The van der Waals surface area contributed by atoms with Gasteiger partial charge in [0.25, 0.3) is 0 Å². The first kappa shape index (κ1) is 16.5. The standard InChI is InChI=1S/C15H25N3O2/c1-4-18(5-2)10-11-20-14-9-7-6-8-13(14)17-15(19)12(3)16/h6-9,12H,4-5,10-11,16H2,1-3H3,(H,17,19). The molecule has 0 saturated heterocycles. The maximum absolute atomic E-state index is 11.6. The van der Waals surface area contributed by atoms with E-state index in [0.717, 1.165) is 19.6 Å². The van der Waals surface area contributed by atoms with Gasteiger partial charge in [0, 0.05) is 6.54 Å². The number of nitrogens with two attached hydrogens (primary N) is 1. The summed E-state index contributed by atoms with van der Waals surface area (Å²) in [4.78, 5) is 13.9. The van der Waals surface area contributed by atoms with E-state index in [1.54, 1.807) is 6.92 Å². The van der Waals surface area contributed by atoms with Crippen molar-refractivity contribution in [3.05, 3.63) is 24.3 Å². The summed E-state index contributed by atoms with van der Waals surface area (Å²) in [5.74, 6) is 0.457. The molecule has 5 nitrogen and oxygen atoms in total. The maximum atomic E-state index is 11.6. The van der Waals surface area contributed by atoms with Crippen molar-refractivity contribution >= 4 is 11.6 Å². The van der Waals surface area contributed by atoms with Gasteiger partial charge in [-0.05, 0) is 32.1 Å². The summed E-state index contributed by atoms with van der Waals surface area (Å²) < 4.78 is 5.75. The van der Waals surface area contributed by atoms with Gasteiger partial charge in [-0.2, -0.15) is 0 Å². The van der Waals surface area contributed by atoms with Crippen molar-refractivity contribution in [3.8, 4) is 5.75 Å². The van der Waals surface area contributed by atoms with Gasteiger partial charge in [-0.25, -0.2) is 0 Å². The van der Waals surface area contributed by atoms with E-state index < -0.39 is 6.04 Å². The SMILES string of the molecule is CCN(CC)CCOc1ccccc1NC(=O)C(C)N. The highest BCUT2D eigenvalue weighted by molar-refractivity contribution is 5.95. The number of para-hydroxylation sites is 2. The molecule has 1 aromatic carbocycles. The third-order valence-electron chi connectivity index (χ3n) is 3.12. The Bertz CT molecular complexity index is 417. The Morgan fingerprint density at radius 1 is 1.35 bits per heavy atom. The van der Waals surface area contributed by atoms with Crippen LogP contribution >= 0.6 is 0 Å². The molecule has 0 saturated carbocycles. The number of ether oxygens (including phenoxy) is 1. The molecule has 1 atom stereocenters. The van der Waals surface area contributed by atoms with Crippen LogP contribution in [0.3, 0.4) is 0 Å². The van der Waals surface area contributed by atoms with Gasteiger partial charge in [0.2, 0.25) is 5.91 Å². The Balaban J connectivity index is 2.59. The molecule has 1 unspecified atom stereocenters. The number of likely N-dealkylation sites (N-methyl/N-ethyl adjacent to an activating group) is 1. The molecule has 0 fully saturated rings. The van der Waals surface area contributed by atoms with Crippen LogP contribution in [0.5, 0.6) is 5.75 Å². The molecule has 3 N–H and O–H groups in total. The molecule has 0 bridgehead atoms. The molecular formula is C15H25N3O2. The summed E-state index contributed by atoms with van der Waals surface area (Å²) in [6.07, 6.45) is 0. The van der Waals surface area contributed by atoms with Gasteiger partial charge < -0.3 is 20.7 Å². The number of hydrogen-bond donors (Lipinski definition) is 2. The molecule has 1 rings (SSSR count). The topological polar surface area (TPSA) is 67.6 Å². The second kappa shape index (κ2) is 8.55. The average Bonchev–Trinajstić information content (AvgIpc) is 2.45. The lowest BCUT2D eigenvalue weighted by molar-refractivity contribution is -0.117. The molecule has 1 aromatic rings. The van der Waals surface area contributed by atoms with Crippen LogP contribution in [0.2, 0.25) is 0 Å². The monoisotopic (exact) mass is 279 g/mol. The van der Waals surface area contributed by atoms with Crippen molar-refractivity contribution in [2.45, 2.75) is 26.8 Å². The normalized spacial score (nSPS) is 12.2. The zero-order chi connectivity index (χ0) is 15.0. The summed E-state index contributed by atoms with van der Waals surface area (Å²) in [5.41, 5.74) is 6.21. The fourth-order valence-electron chi connectivity index (χ4n) is 1.77. The Kier molecular flexibility index (Phi) is 7.04. The average molecular weight is 279 g/mol. The lowest BCUT2D eigenvalue weighted by Crippen LogP contribution is -2.32. The van der Waals surface area contributed by atoms with Crippen LogP contribution in [0.1, 0.15) is 20.8 Å². The van der Waals surface area contributed by atoms with Crippen molar-refractivity contribution < 1.29 is 9.53 Å². The van der Waals surface area contributed by atoms with Gasteiger partial charge in [0.05, 0.1) is 11.7 Å². The number of nitrogens with zero attached hydrogens (tertiary/aromatic N) is 1. The number of hydrogen-bond acceptors (Lipinski definition) is 4. The highest BCUT2D eigenvalue weighted by Crippen LogP contribution is 2.23. The number of nitrogens with one attached hydrogen (secondary N) is 1. The number of amides is 1. The van der Waals surface area contributed by atoms with E-state index >= 15 is 0 Å². The third kappa shape index (κ3) is 5.19. The van der Waals surface area contributed by atoms with E-state index in [1.807, 2.05) is 24.3 Å². The number of benzene rings is 1. The molecule has 112 valence electrons. The van der Waals surface area contributed by atoms with Crippen molar-refractivity contribution in [2.75, 3.05) is 31.6 Å². The lowest BCUT2D eigenvalue weighted by Gasteiger charge is -2.19. The van der Waals surface area contributed by atoms with Gasteiger partial charge in [-0.15, -0.1) is 0 Å². The van der Waals surface area contributed by atoms with E-state index in [2.05, 4.69) is 24.1 Å². The Hall–Kier alpha value is -1.59. The predicted octanol–water partition coefficient (Wildman–Crippen LogP) is 1.69. The number of carbonyl (C=O) groups is 1. The molecule has 0 radical (unpaired) electrons. The fraction of sp³-hybridized carbons (Fsp3) is 0.533. The minimum absolute atomic E-state index is 0.218. The maximum Gasteiger partial charge on any atom is 0.241 e. The van der Waals surface area contributed by atoms with Crippen LogP contribution in [0, 0.1) is 0 Å². The van der Waals surface area contributed by atoms with Gasteiger partial charge in [0.1, 0.15) is 12.4 Å². The summed E-state index contributed by atoms with van der Waals surface area (Å²) in [7, 11) is 0. The quantitative estimate of drug-likeness (QED) is 0.760. The third-order valence-corrected chi connectivity index (χ3v) is 3.12. The molecular weight excluding hydrogens is 254 g/mol. The summed E-state index contributed by atoms with van der Waals surface area (Å²) in [6.45, 7) is 9.36. The Morgan fingerprint density at radius 2 is 2.00 bits per heavy atom. The highest BCUT2D eigenvalue weighted by Gasteiger charge is 2.11. The molecule has 0 aliphatic carbocycles. The van der Waals surface area contributed by atoms with E-state index in [0.29, 0.717) is 18.0 Å². The van der Waals surface area contributed by atoms with Crippen LogP contribution < -0.4 is 15.8 Å². The zero-order valence-corrected chi connectivity index (χ0v) is 12.6. The zero-order valence-electron chi connectivity index (χ0n) is 12.6. The van der Waals surface area contributed by atoms with Gasteiger partial charge in [0.15, 0.2) is 0 Å². The van der Waals surface area contributed by atoms with Crippen LogP contribution in [0.15, 0.2) is 24.3 Å². The van der Waals surface area contributed by atoms with Crippen LogP contribution in [0.25, 0.3) is 0 Å². The molecule has 5 heteroatoms. The van der Waals surface area contributed by atoms with E-state index in [4.69, 9.17) is 10.5 Å². The first-order valence-corrected chi connectivity index (χ1v) is 7.09. The second-order valence-electron chi connectivity index (χ2n) is 4.65. The molecule has 1 amide bonds. The lowest BCUT2D eigenvalue weighted by atomic mass is 10.2. The Labute approximate surface area is 121 Å². The van der Waals surface area contributed by atoms with E-state index in [-0.39, 0.29) is 5.91 Å². The molecule has 0 aliphatic rings. The minimum Gasteiger partial charge on any atom is -0.490 e. The van der Waals surface area contributed by atoms with E-state index in [9.17, 15) is 4.79 Å². The largest absolute Gasteiger partial charge is 0.490 e. The molecule has 0 spiro atoms. The molecule has 0 aliphatic heterocycles. The highest BCUT2D eigenvalue weighted by atomic mass is 16.5. The summed E-state index contributed by atoms with van der Waals surface area (Å²) >= 11 is 0. The van der Waals surface area contributed by atoms with Crippen molar-refractivity contribution in [3.63, 3.8) is 0 Å². The fourth-order valence-corrected chi connectivity index (χ4v) is 1.77. The van der Waals surface area contributed by atoms with Crippen molar-refractivity contribution in [1.82, 2.24) is 4.90 Å². The smallest absolute Gasteiger partial charge is 0.241 e. The molecule has 0 heterocycles. The van der Waals surface area contributed by atoms with Crippen LogP contribution in [-0.2, 0) is 4.79 Å². The Morgan fingerprint density at radius 3 is 2.60 bits per heavy atom. The number of rotatable bonds is 8. The summed E-state index contributed by atoms with van der Waals surface area (Å²) in [6, 6.07) is 6.85. The van der Waals surface area contributed by atoms with Crippen molar-refractivity contribution in [1.29, 1.82) is 0 Å². The first-order valence-electron chi connectivity index (χ1n) is 7.09. The second-order valence-corrected chi connectivity index (χ2v) is 4.65. The predicted molar refractivity (Wildman–Crippen MR) is 82.0 cm³/mol. The minimum atomic E-state index is -0.543. The molecule has 0 aromatic heterocycles. The van der Waals surface area contributed by atoms with Crippen LogP contribution in [0.4, 0.5) is 5.69 Å². The van der Waals surface area contributed by atoms with Crippen LogP contribution in [-0.4, -0.2) is 43.1 Å². The summed E-state index contributed by atoms with van der Waals surface area (Å²) in [5, 5.41) is 2.77. The number of anilines is 1. The first-order chi connectivity index (χ1) is 9.58. The van der Waals surface area contributed by atoms with Gasteiger partial charge in [-0.3, -0.25) is 4.79 Å². The van der Waals surface area contributed by atoms with Gasteiger partial charge in [-0.1, -0.05) is 26.0 Å². The molecule has 20 heavy (non-hydrogen) atoms. The van der Waals surface area contributed by atoms with Crippen molar-refractivity contribution in [2.24, 2.45) is 5.73 Å². The van der Waals surface area contributed by atoms with E-state index in [1.165, 1.54) is 0 Å². The number of carbonyl (C=O) groups excluding carboxylic acids is 1.